The van der Waals surface area contributed by atoms with Crippen LogP contribution in [0.15, 0.2) is 46.2 Å². The maximum Gasteiger partial charge on any atom is 0.339 e. The molecule has 0 fully saturated rings. The van der Waals surface area contributed by atoms with Crippen LogP contribution in [-0.2, 0) is 20.2 Å². The summed E-state index contributed by atoms with van der Waals surface area (Å²) in [7, 11) is -8.70. The Labute approximate surface area is 161 Å². The average Bonchev–Trinajstić information content (AvgIpc) is 2.35. The van der Waals surface area contributed by atoms with Crippen molar-refractivity contribution in [3.05, 3.63) is 49.1 Å². The van der Waals surface area contributed by atoms with Crippen LogP contribution in [-0.4, -0.2) is 21.4 Å². The van der Waals surface area contributed by atoms with E-state index in [1.54, 1.807) is 57.3 Å². The lowest BCUT2D eigenvalue weighted by molar-refractivity contribution is 0.461. The molecule has 23 heavy (non-hydrogen) atoms. The molecule has 2 aromatic rings. The topological polar surface area (TPSA) is 101 Å². The molecule has 0 aliphatic carbocycles. The molecule has 0 saturated heterocycles. The van der Waals surface area contributed by atoms with E-state index < -0.39 is 25.1 Å². The van der Waals surface area contributed by atoms with Crippen LogP contribution in [0.1, 0.15) is 5.56 Å². The van der Waals surface area contributed by atoms with Crippen LogP contribution in [0.5, 0.6) is 5.75 Å². The second-order valence-electron chi connectivity index (χ2n) is 4.52. The van der Waals surface area contributed by atoms with Crippen molar-refractivity contribution in [3.63, 3.8) is 0 Å². The van der Waals surface area contributed by atoms with Crippen LogP contribution in [0.2, 0.25) is 0 Å². The highest BCUT2D eigenvalue weighted by Gasteiger charge is 2.20. The number of hydrogen-bond donors (Lipinski definition) is 0. The molecule has 2 rings (SSSR count). The summed E-state index contributed by atoms with van der Waals surface area (Å²) in [6.45, 7) is 1.82. The fourth-order valence-electron chi connectivity index (χ4n) is 1.70. The fourth-order valence-corrected chi connectivity index (χ4v) is 6.54. The monoisotopic (exact) mass is 579 g/mol. The molecule has 0 aliphatic rings. The van der Waals surface area contributed by atoms with Crippen molar-refractivity contribution in [3.8, 4) is 5.75 Å². The van der Waals surface area contributed by atoms with E-state index >= 15 is 0 Å². The van der Waals surface area contributed by atoms with Crippen LogP contribution in [0.25, 0.3) is 0 Å². The van der Waals surface area contributed by atoms with Crippen LogP contribution >= 0.6 is 45.2 Å². The van der Waals surface area contributed by atoms with Crippen LogP contribution in [0.3, 0.4) is 0 Å². The Kier molecular flexibility index (Phi) is 5.60. The van der Waals surface area contributed by atoms with E-state index in [1.807, 2.05) is 6.92 Å². The highest BCUT2D eigenvalue weighted by atomic mass is 127. The minimum atomic E-state index is -4.65. The molecule has 0 heterocycles. The molecule has 0 bridgehead atoms. The number of benzene rings is 2. The SMILES string of the molecule is Cc1ccc(S(=O)(=O)Oc2cc(I)c(S(=O)(=O)[O-])c(I)c2)cc1. The quantitative estimate of drug-likeness (QED) is 0.314. The van der Waals surface area contributed by atoms with Crippen LogP contribution in [0, 0.1) is 14.1 Å². The smallest absolute Gasteiger partial charge is 0.339 e. The Bertz CT molecular complexity index is 927. The summed E-state index contributed by atoms with van der Waals surface area (Å²) in [5, 5.41) is 0. The first-order valence-corrected chi connectivity index (χ1v) is 10.9. The van der Waals surface area contributed by atoms with E-state index in [4.69, 9.17) is 4.18 Å². The lowest BCUT2D eigenvalue weighted by Gasteiger charge is -2.14. The van der Waals surface area contributed by atoms with Gasteiger partial charge in [0.2, 0.25) is 0 Å². The zero-order valence-electron chi connectivity index (χ0n) is 11.5. The molecular weight excluding hydrogens is 570 g/mol. The van der Waals surface area contributed by atoms with Crippen LogP contribution < -0.4 is 4.18 Å². The van der Waals surface area contributed by atoms with Crippen LogP contribution in [0.4, 0.5) is 0 Å². The summed E-state index contributed by atoms with van der Waals surface area (Å²) in [5.74, 6) is -0.0632. The van der Waals surface area contributed by atoms with E-state index in [0.717, 1.165) is 5.56 Å². The normalized spacial score (nSPS) is 12.2. The Morgan fingerprint density at radius 2 is 1.43 bits per heavy atom. The third kappa shape index (κ3) is 4.55. The van der Waals surface area contributed by atoms with Gasteiger partial charge in [0.15, 0.2) is 0 Å². The van der Waals surface area contributed by atoms with Crippen molar-refractivity contribution in [1.29, 1.82) is 0 Å². The van der Waals surface area contributed by atoms with Crippen molar-refractivity contribution in [2.24, 2.45) is 0 Å². The van der Waals surface area contributed by atoms with Gasteiger partial charge in [-0.2, -0.15) is 8.42 Å². The van der Waals surface area contributed by atoms with Crippen molar-refractivity contribution >= 4 is 65.4 Å². The van der Waals surface area contributed by atoms with Crippen molar-refractivity contribution in [2.75, 3.05) is 0 Å². The summed E-state index contributed by atoms with van der Waals surface area (Å²) in [5.41, 5.74) is 0.901. The van der Waals surface area contributed by atoms with Crippen molar-refractivity contribution in [2.45, 2.75) is 16.7 Å². The first kappa shape index (κ1) is 18.9. The zero-order valence-corrected chi connectivity index (χ0v) is 17.4. The number of aryl methyl sites for hydroxylation is 1. The van der Waals surface area contributed by atoms with Gasteiger partial charge in [0.05, 0.1) is 4.90 Å². The molecule has 124 valence electrons. The summed E-state index contributed by atoms with van der Waals surface area (Å²) in [6.07, 6.45) is 0. The molecule has 0 unspecified atom stereocenters. The molecule has 0 aromatic heterocycles. The number of halogens is 2. The largest absolute Gasteiger partial charge is 0.744 e. The second-order valence-corrected chi connectivity index (χ2v) is 9.71. The Morgan fingerprint density at radius 1 is 0.957 bits per heavy atom. The first-order valence-electron chi connectivity index (χ1n) is 5.97. The molecule has 6 nitrogen and oxygen atoms in total. The highest BCUT2D eigenvalue weighted by Crippen LogP contribution is 2.30. The summed E-state index contributed by atoms with van der Waals surface area (Å²) in [4.78, 5) is -0.410. The second kappa shape index (κ2) is 6.82. The van der Waals surface area contributed by atoms with Gasteiger partial charge in [-0.25, -0.2) is 8.42 Å². The minimum absolute atomic E-state index is 0.0198. The third-order valence-corrected chi connectivity index (χ3v) is 7.37. The highest BCUT2D eigenvalue weighted by molar-refractivity contribution is 14.1. The maximum absolute atomic E-state index is 12.2. The molecular formula is C13H9I2O6S2-. The molecule has 0 aliphatic heterocycles. The van der Waals surface area contributed by atoms with Crippen molar-refractivity contribution in [1.82, 2.24) is 0 Å². The molecule has 0 saturated carbocycles. The summed E-state index contributed by atoms with van der Waals surface area (Å²) < 4.78 is 63.2. The van der Waals surface area contributed by atoms with Gasteiger partial charge < -0.3 is 8.74 Å². The Balaban J connectivity index is 2.43. The molecule has 10 heteroatoms. The molecule has 0 amide bonds. The summed E-state index contributed by atoms with van der Waals surface area (Å²) in [6, 6.07) is 8.49. The van der Waals surface area contributed by atoms with E-state index in [9.17, 15) is 21.4 Å². The van der Waals surface area contributed by atoms with E-state index in [2.05, 4.69) is 0 Å². The predicted molar refractivity (Wildman–Crippen MR) is 98.8 cm³/mol. The summed E-state index contributed by atoms with van der Waals surface area (Å²) >= 11 is 3.30. The maximum atomic E-state index is 12.2. The predicted octanol–water partition coefficient (Wildman–Crippen LogP) is 2.88. The van der Waals surface area contributed by atoms with Gasteiger partial charge in [-0.05, 0) is 76.4 Å². The standard InChI is InChI=1S/C13H10I2O6S2/c1-8-2-4-10(5-3-8)23(19,20)21-9-6-11(14)13(12(15)7-9)22(16,17)18/h2-7H,1H3,(H,16,17,18)/p-1. The van der Waals surface area contributed by atoms with Gasteiger partial charge in [0.1, 0.15) is 20.8 Å². The van der Waals surface area contributed by atoms with E-state index in [0.29, 0.717) is 0 Å². The molecule has 2 aromatic carbocycles. The third-order valence-electron chi connectivity index (χ3n) is 2.74. The average molecular weight is 579 g/mol. The van der Waals surface area contributed by atoms with Gasteiger partial charge in [-0.3, -0.25) is 0 Å². The van der Waals surface area contributed by atoms with E-state index in [-0.39, 0.29) is 17.8 Å². The number of hydrogen-bond acceptors (Lipinski definition) is 6. The lowest BCUT2D eigenvalue weighted by Crippen LogP contribution is -2.11. The fraction of sp³-hybridized carbons (Fsp3) is 0.0769. The van der Waals surface area contributed by atoms with Gasteiger partial charge in [0, 0.05) is 7.14 Å². The number of rotatable bonds is 4. The van der Waals surface area contributed by atoms with Gasteiger partial charge in [-0.15, -0.1) is 0 Å². The first-order chi connectivity index (χ1) is 10.5. The molecule has 0 radical (unpaired) electrons. The Morgan fingerprint density at radius 3 is 1.87 bits per heavy atom. The Hall–Kier alpha value is -0.440. The zero-order chi connectivity index (χ0) is 17.4. The van der Waals surface area contributed by atoms with E-state index in [1.165, 1.54) is 24.3 Å². The van der Waals surface area contributed by atoms with Gasteiger partial charge in [-0.1, -0.05) is 17.7 Å². The van der Waals surface area contributed by atoms with Gasteiger partial charge in [0.25, 0.3) is 0 Å². The molecule has 0 atom stereocenters. The minimum Gasteiger partial charge on any atom is -0.744 e. The van der Waals surface area contributed by atoms with Crippen molar-refractivity contribution < 1.29 is 25.6 Å². The lowest BCUT2D eigenvalue weighted by atomic mass is 10.2. The van der Waals surface area contributed by atoms with Gasteiger partial charge >= 0.3 is 10.1 Å². The molecule has 0 spiro atoms. The molecule has 0 N–H and O–H groups in total.